The lowest BCUT2D eigenvalue weighted by atomic mass is 10.2. The molecule has 0 aliphatic heterocycles. The molecule has 108 valence electrons. The van der Waals surface area contributed by atoms with Crippen LogP contribution in [0.2, 0.25) is 0 Å². The lowest BCUT2D eigenvalue weighted by Crippen LogP contribution is -1.97. The van der Waals surface area contributed by atoms with Crippen molar-refractivity contribution in [2.45, 2.75) is 6.92 Å². The Morgan fingerprint density at radius 1 is 1.24 bits per heavy atom. The van der Waals surface area contributed by atoms with E-state index < -0.39 is 10.9 Å². The molecule has 0 saturated carbocycles. The molecule has 21 heavy (non-hydrogen) atoms. The predicted octanol–water partition coefficient (Wildman–Crippen LogP) is 4.16. The molecule has 0 saturated heterocycles. The van der Waals surface area contributed by atoms with Crippen LogP contribution < -0.4 is 4.74 Å². The van der Waals surface area contributed by atoms with Crippen molar-refractivity contribution in [1.82, 2.24) is 0 Å². The Morgan fingerprint density at radius 3 is 2.48 bits per heavy atom. The Balaban J connectivity index is 2.39. The molecule has 0 fully saturated rings. The first kappa shape index (κ1) is 15.0. The van der Waals surface area contributed by atoms with Gasteiger partial charge in [0.2, 0.25) is 5.75 Å². The molecule has 6 nitrogen and oxygen atoms in total. The summed E-state index contributed by atoms with van der Waals surface area (Å²) < 4.78 is 5.91. The van der Waals surface area contributed by atoms with Gasteiger partial charge in [0.25, 0.3) is 0 Å². The molecule has 2 aromatic carbocycles. The molecule has 0 aliphatic carbocycles. The summed E-state index contributed by atoms with van der Waals surface area (Å²) in [6.45, 7) is 1.74. The molecule has 0 amide bonds. The summed E-state index contributed by atoms with van der Waals surface area (Å²) in [4.78, 5) is 21.4. The number of carbonyl (C=O) groups is 1. The van der Waals surface area contributed by atoms with Gasteiger partial charge in [0, 0.05) is 6.07 Å². The molecule has 2 rings (SSSR count). The molecule has 0 radical (unpaired) electrons. The van der Waals surface area contributed by atoms with E-state index in [4.69, 9.17) is 9.84 Å². The minimum Gasteiger partial charge on any atom is -0.478 e. The van der Waals surface area contributed by atoms with Crippen LogP contribution in [0.4, 0.5) is 5.69 Å². The smallest absolute Gasteiger partial charge is 0.335 e. The first-order valence-corrected chi connectivity index (χ1v) is 6.63. The first-order chi connectivity index (χ1) is 9.88. The summed E-state index contributed by atoms with van der Waals surface area (Å²) in [5.74, 6) is -0.676. The van der Waals surface area contributed by atoms with E-state index in [0.29, 0.717) is 10.2 Å². The van der Waals surface area contributed by atoms with Crippen LogP contribution in [-0.4, -0.2) is 16.0 Å². The monoisotopic (exact) mass is 351 g/mol. The van der Waals surface area contributed by atoms with Gasteiger partial charge in [0.05, 0.1) is 15.0 Å². The van der Waals surface area contributed by atoms with Gasteiger partial charge in [-0.25, -0.2) is 4.79 Å². The minimum absolute atomic E-state index is 0.0904. The summed E-state index contributed by atoms with van der Waals surface area (Å²) >= 11 is 3.19. The number of hydrogen-bond donors (Lipinski definition) is 1. The normalized spacial score (nSPS) is 10.2. The summed E-state index contributed by atoms with van der Waals surface area (Å²) in [6, 6.07) is 8.79. The number of nitro benzene ring substituents is 1. The number of nitrogens with zero attached hydrogens (tertiary/aromatic N) is 1. The third-order valence-corrected chi connectivity index (χ3v) is 3.33. The average Bonchev–Trinajstić information content (AvgIpc) is 2.42. The van der Waals surface area contributed by atoms with Crippen molar-refractivity contribution < 1.29 is 19.6 Å². The molecule has 0 atom stereocenters. The highest BCUT2D eigenvalue weighted by atomic mass is 79.9. The van der Waals surface area contributed by atoms with E-state index in [2.05, 4.69) is 15.9 Å². The number of ether oxygens (including phenoxy) is 1. The van der Waals surface area contributed by atoms with Gasteiger partial charge in [0.15, 0.2) is 0 Å². The van der Waals surface area contributed by atoms with Gasteiger partial charge in [-0.2, -0.15) is 0 Å². The molecule has 0 spiro atoms. The second kappa shape index (κ2) is 5.92. The molecular weight excluding hydrogens is 342 g/mol. The summed E-state index contributed by atoms with van der Waals surface area (Å²) in [5, 5.41) is 19.9. The lowest BCUT2D eigenvalue weighted by Gasteiger charge is -2.09. The number of carboxylic acid groups (broad SMARTS) is 1. The number of hydrogen-bond acceptors (Lipinski definition) is 4. The van der Waals surface area contributed by atoms with Crippen LogP contribution in [0.1, 0.15) is 15.9 Å². The van der Waals surface area contributed by atoms with Crippen LogP contribution in [0.25, 0.3) is 0 Å². The predicted molar refractivity (Wildman–Crippen MR) is 79.0 cm³/mol. The molecule has 1 N–H and O–H groups in total. The fourth-order valence-electron chi connectivity index (χ4n) is 1.69. The lowest BCUT2D eigenvalue weighted by molar-refractivity contribution is -0.385. The van der Waals surface area contributed by atoms with Crippen LogP contribution in [0.15, 0.2) is 40.9 Å². The zero-order valence-electron chi connectivity index (χ0n) is 10.9. The Hall–Kier alpha value is -2.41. The van der Waals surface area contributed by atoms with Crippen molar-refractivity contribution in [2.75, 3.05) is 0 Å². The van der Waals surface area contributed by atoms with Gasteiger partial charge < -0.3 is 9.84 Å². The fraction of sp³-hybridized carbons (Fsp3) is 0.0714. The van der Waals surface area contributed by atoms with Crippen molar-refractivity contribution in [3.8, 4) is 11.5 Å². The highest BCUT2D eigenvalue weighted by molar-refractivity contribution is 9.10. The molecule has 0 aromatic heterocycles. The number of aromatic carboxylic acids is 1. The van der Waals surface area contributed by atoms with Crippen LogP contribution >= 0.6 is 15.9 Å². The van der Waals surface area contributed by atoms with Gasteiger partial charge in [-0.1, -0.05) is 6.07 Å². The number of nitro groups is 1. The average molecular weight is 352 g/mol. The van der Waals surface area contributed by atoms with Gasteiger partial charge >= 0.3 is 11.7 Å². The Kier molecular flexibility index (Phi) is 4.23. The molecule has 0 heterocycles. The largest absolute Gasteiger partial charge is 0.478 e. The van der Waals surface area contributed by atoms with Gasteiger partial charge in [-0.05, 0) is 52.7 Å². The van der Waals surface area contributed by atoms with Crippen molar-refractivity contribution in [2.24, 2.45) is 0 Å². The van der Waals surface area contributed by atoms with Crippen molar-refractivity contribution >= 4 is 27.6 Å². The topological polar surface area (TPSA) is 89.7 Å². The number of aryl methyl sites for hydroxylation is 1. The summed E-state index contributed by atoms with van der Waals surface area (Å²) in [7, 11) is 0. The molecule has 7 heteroatoms. The van der Waals surface area contributed by atoms with E-state index in [1.807, 2.05) is 0 Å². The van der Waals surface area contributed by atoms with Crippen molar-refractivity contribution in [3.05, 3.63) is 62.1 Å². The Bertz CT molecular complexity index is 729. The van der Waals surface area contributed by atoms with Gasteiger partial charge in [0.1, 0.15) is 5.75 Å². The minimum atomic E-state index is -1.07. The zero-order valence-corrected chi connectivity index (χ0v) is 12.5. The number of halogens is 1. The fourth-order valence-corrected chi connectivity index (χ4v) is 2.15. The van der Waals surface area contributed by atoms with Gasteiger partial charge in [-0.3, -0.25) is 10.1 Å². The SMILES string of the molecule is Cc1ccc(Oc2ccc(C(=O)O)cc2Br)c([N+](=O)[O-])c1. The maximum Gasteiger partial charge on any atom is 0.335 e. The number of benzene rings is 2. The third kappa shape index (κ3) is 3.38. The standard InChI is InChI=1S/C14H10BrNO5/c1-8-2-4-13(11(6-8)16(19)20)21-12-5-3-9(14(17)18)7-10(12)15/h2-7H,1H3,(H,17,18). The van der Waals surface area contributed by atoms with Gasteiger partial charge in [-0.15, -0.1) is 0 Å². The molecule has 2 aromatic rings. The Labute approximate surface area is 128 Å². The van der Waals surface area contributed by atoms with E-state index in [1.165, 1.54) is 30.3 Å². The number of rotatable bonds is 4. The molecule has 0 unspecified atom stereocenters. The third-order valence-electron chi connectivity index (χ3n) is 2.71. The van der Waals surface area contributed by atoms with Crippen LogP contribution in [0.3, 0.4) is 0 Å². The first-order valence-electron chi connectivity index (χ1n) is 5.84. The Morgan fingerprint density at radius 2 is 1.90 bits per heavy atom. The molecule has 0 aliphatic rings. The second-order valence-corrected chi connectivity index (χ2v) is 5.14. The maximum absolute atomic E-state index is 11.0. The summed E-state index contributed by atoms with van der Waals surface area (Å²) in [5.41, 5.74) is 0.686. The summed E-state index contributed by atoms with van der Waals surface area (Å²) in [6.07, 6.45) is 0. The van der Waals surface area contributed by atoms with Crippen LogP contribution in [0.5, 0.6) is 11.5 Å². The number of carboxylic acids is 1. The second-order valence-electron chi connectivity index (χ2n) is 4.28. The van der Waals surface area contributed by atoms with Crippen LogP contribution in [0, 0.1) is 17.0 Å². The molecule has 0 bridgehead atoms. The van der Waals surface area contributed by atoms with Crippen molar-refractivity contribution in [1.29, 1.82) is 0 Å². The maximum atomic E-state index is 11.0. The highest BCUT2D eigenvalue weighted by Gasteiger charge is 2.17. The van der Waals surface area contributed by atoms with E-state index in [9.17, 15) is 14.9 Å². The van der Waals surface area contributed by atoms with E-state index in [0.717, 1.165) is 5.56 Å². The van der Waals surface area contributed by atoms with E-state index >= 15 is 0 Å². The zero-order chi connectivity index (χ0) is 15.6. The van der Waals surface area contributed by atoms with E-state index in [-0.39, 0.29) is 17.0 Å². The highest BCUT2D eigenvalue weighted by Crippen LogP contribution is 2.35. The quantitative estimate of drug-likeness (QED) is 0.659. The van der Waals surface area contributed by atoms with E-state index in [1.54, 1.807) is 13.0 Å². The van der Waals surface area contributed by atoms with Crippen LogP contribution in [-0.2, 0) is 0 Å². The molecular formula is C14H10BrNO5. The van der Waals surface area contributed by atoms with Crippen molar-refractivity contribution in [3.63, 3.8) is 0 Å².